The molecule has 0 aliphatic carbocycles. The zero-order valence-corrected chi connectivity index (χ0v) is 9.80. The normalized spacial score (nSPS) is 10.9. The third-order valence-corrected chi connectivity index (χ3v) is 2.47. The minimum atomic E-state index is 0.719. The fraction of sp³-hybridized carbons (Fsp3) is 0.500. The van der Waals surface area contributed by atoms with Gasteiger partial charge >= 0.3 is 0 Å². The lowest BCUT2D eigenvalue weighted by molar-refractivity contribution is 0.663. The number of aryl methyl sites for hydroxylation is 2. The lowest BCUT2D eigenvalue weighted by atomic mass is 10.4. The van der Waals surface area contributed by atoms with Crippen molar-refractivity contribution in [1.82, 2.24) is 29.9 Å². The minimum Gasteiger partial charge on any atom is -0.325 e. The summed E-state index contributed by atoms with van der Waals surface area (Å²) in [5.74, 6) is 0.996. The third-order valence-electron chi connectivity index (χ3n) is 2.47. The number of hydrogen-bond acceptors (Lipinski definition) is 4. The van der Waals surface area contributed by atoms with Gasteiger partial charge < -0.3 is 9.88 Å². The van der Waals surface area contributed by atoms with Crippen LogP contribution in [0.5, 0.6) is 0 Å². The van der Waals surface area contributed by atoms with Crippen molar-refractivity contribution < 1.29 is 0 Å². The van der Waals surface area contributed by atoms with Crippen molar-refractivity contribution in [2.75, 3.05) is 7.05 Å². The molecule has 0 radical (unpaired) electrons. The molecular weight excluding hydrogens is 204 g/mol. The van der Waals surface area contributed by atoms with Crippen LogP contribution in [0.3, 0.4) is 0 Å². The fourth-order valence-electron chi connectivity index (χ4n) is 1.68. The number of imidazole rings is 1. The molecule has 0 unspecified atom stereocenters. The maximum atomic E-state index is 4.31. The van der Waals surface area contributed by atoms with Gasteiger partial charge in [0.25, 0.3) is 0 Å². The van der Waals surface area contributed by atoms with Gasteiger partial charge in [0.15, 0.2) is 0 Å². The van der Waals surface area contributed by atoms with Crippen molar-refractivity contribution in [2.24, 2.45) is 7.05 Å². The highest BCUT2D eigenvalue weighted by Crippen LogP contribution is 2.07. The first kappa shape index (κ1) is 10.8. The Bertz CT molecular complexity index is 469. The predicted molar refractivity (Wildman–Crippen MR) is 59.8 cm³/mol. The Balaban J connectivity index is 2.22. The van der Waals surface area contributed by atoms with Crippen molar-refractivity contribution >= 4 is 0 Å². The smallest absolute Gasteiger partial charge is 0.106 e. The topological polar surface area (TPSA) is 60.6 Å². The van der Waals surface area contributed by atoms with Gasteiger partial charge in [-0.1, -0.05) is 5.21 Å². The van der Waals surface area contributed by atoms with Crippen LogP contribution in [-0.4, -0.2) is 31.6 Å². The second-order valence-electron chi connectivity index (χ2n) is 3.80. The van der Waals surface area contributed by atoms with E-state index in [9.17, 15) is 0 Å². The number of nitrogens with one attached hydrogen (secondary N) is 1. The molecule has 0 saturated heterocycles. The summed E-state index contributed by atoms with van der Waals surface area (Å²) >= 11 is 0. The highest BCUT2D eigenvalue weighted by Gasteiger charge is 2.08. The Labute approximate surface area is 94.3 Å². The maximum absolute atomic E-state index is 4.31. The van der Waals surface area contributed by atoms with E-state index < -0.39 is 0 Å². The first-order chi connectivity index (χ1) is 7.70. The van der Waals surface area contributed by atoms with E-state index in [-0.39, 0.29) is 0 Å². The number of nitrogens with zero attached hydrogens (tertiary/aromatic N) is 5. The summed E-state index contributed by atoms with van der Waals surface area (Å²) in [6, 6.07) is 0. The molecule has 0 aliphatic heterocycles. The van der Waals surface area contributed by atoms with Gasteiger partial charge in [0.2, 0.25) is 0 Å². The Morgan fingerprint density at radius 3 is 2.88 bits per heavy atom. The Morgan fingerprint density at radius 1 is 1.44 bits per heavy atom. The van der Waals surface area contributed by atoms with Crippen LogP contribution in [0, 0.1) is 6.92 Å². The highest BCUT2D eigenvalue weighted by atomic mass is 15.4. The first-order valence-corrected chi connectivity index (χ1v) is 5.21. The van der Waals surface area contributed by atoms with E-state index in [1.807, 2.05) is 33.4 Å². The molecule has 6 nitrogen and oxygen atoms in total. The first-order valence-electron chi connectivity index (χ1n) is 5.21. The quantitative estimate of drug-likeness (QED) is 0.793. The van der Waals surface area contributed by atoms with Gasteiger partial charge in [-0.3, -0.25) is 4.68 Å². The van der Waals surface area contributed by atoms with Crippen molar-refractivity contribution in [1.29, 1.82) is 0 Å². The largest absolute Gasteiger partial charge is 0.325 e. The summed E-state index contributed by atoms with van der Waals surface area (Å²) in [6.45, 7) is 3.52. The summed E-state index contributed by atoms with van der Waals surface area (Å²) in [5.41, 5.74) is 2.10. The van der Waals surface area contributed by atoms with E-state index >= 15 is 0 Å². The van der Waals surface area contributed by atoms with E-state index in [0.717, 1.165) is 30.3 Å². The Morgan fingerprint density at radius 2 is 2.25 bits per heavy atom. The highest BCUT2D eigenvalue weighted by molar-refractivity contribution is 5.08. The predicted octanol–water partition coefficient (Wildman–Crippen LogP) is 0.0877. The molecule has 0 aliphatic rings. The van der Waals surface area contributed by atoms with Crippen molar-refractivity contribution in [3.05, 3.63) is 29.6 Å². The number of aromatic nitrogens is 5. The molecule has 2 aromatic rings. The summed E-state index contributed by atoms with van der Waals surface area (Å²) in [6.07, 6.45) is 3.81. The lowest BCUT2D eigenvalue weighted by Gasteiger charge is -2.07. The average molecular weight is 220 g/mol. The second-order valence-corrected chi connectivity index (χ2v) is 3.80. The average Bonchev–Trinajstić information content (AvgIpc) is 2.79. The molecule has 0 atom stereocenters. The van der Waals surface area contributed by atoms with Crippen LogP contribution in [0.4, 0.5) is 0 Å². The van der Waals surface area contributed by atoms with Gasteiger partial charge in [0.05, 0.1) is 12.2 Å². The van der Waals surface area contributed by atoms with E-state index in [1.165, 1.54) is 0 Å². The zero-order valence-electron chi connectivity index (χ0n) is 9.80. The van der Waals surface area contributed by atoms with E-state index in [1.54, 1.807) is 4.68 Å². The van der Waals surface area contributed by atoms with Gasteiger partial charge in [-0.25, -0.2) is 4.98 Å². The number of hydrogen-bond donors (Lipinski definition) is 1. The van der Waals surface area contributed by atoms with Gasteiger partial charge in [0.1, 0.15) is 11.5 Å². The molecule has 1 N–H and O–H groups in total. The monoisotopic (exact) mass is 220 g/mol. The minimum absolute atomic E-state index is 0.719. The van der Waals surface area contributed by atoms with Crippen LogP contribution in [0.1, 0.15) is 17.2 Å². The second kappa shape index (κ2) is 4.44. The standard InChI is InChI=1S/C10H16N6/c1-8-12-5-10(4-11-2)16(8)7-9-6-15(3)14-13-9/h5-6,11H,4,7H2,1-3H3. The Hall–Kier alpha value is -1.69. The van der Waals surface area contributed by atoms with Crippen LogP contribution in [0.15, 0.2) is 12.4 Å². The van der Waals surface area contributed by atoms with Gasteiger partial charge in [-0.15, -0.1) is 5.10 Å². The van der Waals surface area contributed by atoms with Crippen molar-refractivity contribution in [3.8, 4) is 0 Å². The van der Waals surface area contributed by atoms with Gasteiger partial charge in [0, 0.05) is 26.0 Å². The van der Waals surface area contributed by atoms with Crippen molar-refractivity contribution in [3.63, 3.8) is 0 Å². The molecule has 6 heteroatoms. The summed E-state index contributed by atoms with van der Waals surface area (Å²) in [4.78, 5) is 4.31. The van der Waals surface area contributed by atoms with Crippen LogP contribution in [0.25, 0.3) is 0 Å². The molecule has 0 bridgehead atoms. The molecular formula is C10H16N6. The molecule has 2 rings (SSSR count). The maximum Gasteiger partial charge on any atom is 0.106 e. The lowest BCUT2D eigenvalue weighted by Crippen LogP contribution is -2.13. The van der Waals surface area contributed by atoms with E-state index in [0.29, 0.717) is 0 Å². The van der Waals surface area contributed by atoms with Crippen LogP contribution >= 0.6 is 0 Å². The SMILES string of the molecule is CNCc1cnc(C)n1Cc1cn(C)nn1. The van der Waals surface area contributed by atoms with E-state index in [4.69, 9.17) is 0 Å². The summed E-state index contributed by atoms with van der Waals surface area (Å²) < 4.78 is 3.85. The Kier molecular flexibility index (Phi) is 3.00. The molecule has 86 valence electrons. The summed E-state index contributed by atoms with van der Waals surface area (Å²) in [5, 5.41) is 11.1. The molecule has 2 aromatic heterocycles. The van der Waals surface area contributed by atoms with Gasteiger partial charge in [-0.05, 0) is 14.0 Å². The van der Waals surface area contributed by atoms with Crippen LogP contribution < -0.4 is 5.32 Å². The molecule has 16 heavy (non-hydrogen) atoms. The molecule has 0 spiro atoms. The van der Waals surface area contributed by atoms with Crippen LogP contribution in [-0.2, 0) is 20.1 Å². The number of rotatable bonds is 4. The molecule has 0 amide bonds. The fourth-order valence-corrected chi connectivity index (χ4v) is 1.68. The molecule has 0 fully saturated rings. The molecule has 2 heterocycles. The third kappa shape index (κ3) is 2.11. The van der Waals surface area contributed by atoms with Gasteiger partial charge in [-0.2, -0.15) is 0 Å². The van der Waals surface area contributed by atoms with E-state index in [2.05, 4.69) is 25.2 Å². The van der Waals surface area contributed by atoms with Crippen molar-refractivity contribution in [2.45, 2.75) is 20.0 Å². The zero-order chi connectivity index (χ0) is 11.5. The van der Waals surface area contributed by atoms with Crippen LogP contribution in [0.2, 0.25) is 0 Å². The molecule has 0 saturated carbocycles. The molecule has 0 aromatic carbocycles. The summed E-state index contributed by atoms with van der Waals surface area (Å²) in [7, 11) is 3.79.